The van der Waals surface area contributed by atoms with Crippen molar-refractivity contribution in [3.63, 3.8) is 0 Å². The van der Waals surface area contributed by atoms with Gasteiger partial charge in [-0.15, -0.1) is 0 Å². The minimum Gasteiger partial charge on any atom is -0.454 e. The first kappa shape index (κ1) is 7.05. The Morgan fingerprint density at radius 3 is 2.90 bits per heavy atom. The van der Waals surface area contributed by atoms with Gasteiger partial charge in [0.1, 0.15) is 0 Å². The number of ether oxygens (including phenoxy) is 1. The minimum absolute atomic E-state index is 0.105. The van der Waals surface area contributed by atoms with Crippen molar-refractivity contribution < 1.29 is 14.3 Å². The van der Waals surface area contributed by atoms with Crippen molar-refractivity contribution in [3.05, 3.63) is 0 Å². The van der Waals surface area contributed by atoms with Crippen LogP contribution >= 0.6 is 0 Å². The maximum atomic E-state index is 10.9. The third kappa shape index (κ3) is 1.10. The van der Waals surface area contributed by atoms with Gasteiger partial charge in [0, 0.05) is 20.0 Å². The Hall–Kier alpha value is -1.06. The molecule has 1 fully saturated rings. The van der Waals surface area contributed by atoms with Crippen LogP contribution in [0, 0.1) is 0 Å². The summed E-state index contributed by atoms with van der Waals surface area (Å²) >= 11 is 0. The normalized spacial score (nSPS) is 25.1. The van der Waals surface area contributed by atoms with Crippen LogP contribution in [0.4, 0.5) is 0 Å². The van der Waals surface area contributed by atoms with Crippen molar-refractivity contribution in [1.82, 2.24) is 4.90 Å². The molecule has 1 heterocycles. The van der Waals surface area contributed by atoms with Crippen LogP contribution in [-0.4, -0.2) is 37.0 Å². The monoisotopic (exact) mass is 143 g/mol. The van der Waals surface area contributed by atoms with Crippen LogP contribution in [-0.2, 0) is 14.3 Å². The van der Waals surface area contributed by atoms with Crippen molar-refractivity contribution in [2.24, 2.45) is 0 Å². The van der Waals surface area contributed by atoms with Crippen LogP contribution in [0.5, 0.6) is 0 Å². The lowest BCUT2D eigenvalue weighted by atomic mass is 10.3. The van der Waals surface area contributed by atoms with Gasteiger partial charge in [-0.25, -0.2) is 0 Å². The van der Waals surface area contributed by atoms with Gasteiger partial charge >= 0.3 is 0 Å². The highest BCUT2D eigenvalue weighted by molar-refractivity contribution is 5.83. The van der Waals surface area contributed by atoms with Crippen LogP contribution in [0.1, 0.15) is 6.42 Å². The van der Waals surface area contributed by atoms with Gasteiger partial charge in [-0.2, -0.15) is 0 Å². The Balaban J connectivity index is 2.48. The molecule has 1 aliphatic rings. The largest absolute Gasteiger partial charge is 0.454 e. The Labute approximate surface area is 58.8 Å². The highest BCUT2D eigenvalue weighted by Gasteiger charge is 2.29. The Bertz CT molecular complexity index is 157. The summed E-state index contributed by atoms with van der Waals surface area (Å²) in [6, 6.07) is 0. The van der Waals surface area contributed by atoms with Gasteiger partial charge < -0.3 is 9.64 Å². The van der Waals surface area contributed by atoms with E-state index in [2.05, 4.69) is 4.74 Å². The Morgan fingerprint density at radius 2 is 2.50 bits per heavy atom. The molecule has 1 amide bonds. The molecule has 1 saturated heterocycles. The molecule has 10 heavy (non-hydrogen) atoms. The molecule has 0 spiro atoms. The highest BCUT2D eigenvalue weighted by atomic mass is 16.5. The number of amides is 1. The highest BCUT2D eigenvalue weighted by Crippen LogP contribution is 2.10. The molecular weight excluding hydrogens is 134 g/mol. The van der Waals surface area contributed by atoms with Crippen LogP contribution < -0.4 is 0 Å². The molecule has 0 N–H and O–H groups in total. The average molecular weight is 143 g/mol. The standard InChI is InChI=1S/C6H9NO3/c1-7-3-2-5(6(7)9)10-4-8/h4-5H,2-3H2,1H3. The van der Waals surface area contributed by atoms with Crippen LogP contribution in [0.2, 0.25) is 0 Å². The zero-order chi connectivity index (χ0) is 7.56. The summed E-state index contributed by atoms with van der Waals surface area (Å²) in [5.74, 6) is -0.105. The van der Waals surface area contributed by atoms with Gasteiger partial charge in [-0.3, -0.25) is 9.59 Å². The lowest BCUT2D eigenvalue weighted by Crippen LogP contribution is -2.27. The Morgan fingerprint density at radius 1 is 1.80 bits per heavy atom. The number of carbonyl (C=O) groups is 2. The third-order valence-corrected chi connectivity index (χ3v) is 1.60. The topological polar surface area (TPSA) is 46.6 Å². The van der Waals surface area contributed by atoms with E-state index in [0.29, 0.717) is 19.4 Å². The molecule has 0 radical (unpaired) electrons. The molecule has 0 aromatic rings. The molecule has 0 aromatic carbocycles. The van der Waals surface area contributed by atoms with Crippen molar-refractivity contribution in [2.45, 2.75) is 12.5 Å². The molecule has 0 bridgehead atoms. The molecule has 4 nitrogen and oxygen atoms in total. The van der Waals surface area contributed by atoms with Crippen molar-refractivity contribution in [2.75, 3.05) is 13.6 Å². The minimum atomic E-state index is -0.525. The van der Waals surface area contributed by atoms with E-state index in [-0.39, 0.29) is 5.91 Å². The quantitative estimate of drug-likeness (QED) is 0.484. The molecule has 1 rings (SSSR count). The van der Waals surface area contributed by atoms with Gasteiger partial charge in [0.25, 0.3) is 12.4 Å². The number of rotatable bonds is 2. The first-order chi connectivity index (χ1) is 4.75. The van der Waals surface area contributed by atoms with E-state index in [9.17, 15) is 9.59 Å². The third-order valence-electron chi connectivity index (χ3n) is 1.60. The summed E-state index contributed by atoms with van der Waals surface area (Å²) in [6.07, 6.45) is 0.0937. The van der Waals surface area contributed by atoms with E-state index < -0.39 is 6.10 Å². The second-order valence-electron chi connectivity index (χ2n) is 2.27. The van der Waals surface area contributed by atoms with Crippen LogP contribution in [0.25, 0.3) is 0 Å². The van der Waals surface area contributed by atoms with Crippen molar-refractivity contribution in [1.29, 1.82) is 0 Å². The van der Waals surface area contributed by atoms with Crippen LogP contribution in [0.3, 0.4) is 0 Å². The van der Waals surface area contributed by atoms with Crippen molar-refractivity contribution >= 4 is 12.4 Å². The van der Waals surface area contributed by atoms with Crippen LogP contribution in [0.15, 0.2) is 0 Å². The molecule has 0 aromatic heterocycles. The van der Waals surface area contributed by atoms with Gasteiger partial charge in [-0.05, 0) is 0 Å². The summed E-state index contributed by atoms with van der Waals surface area (Å²) in [7, 11) is 1.69. The second kappa shape index (κ2) is 2.68. The number of hydrogen-bond donors (Lipinski definition) is 0. The zero-order valence-corrected chi connectivity index (χ0v) is 5.74. The molecule has 1 atom stereocenters. The van der Waals surface area contributed by atoms with Gasteiger partial charge in [0.2, 0.25) is 0 Å². The zero-order valence-electron chi connectivity index (χ0n) is 5.74. The van der Waals surface area contributed by atoms with E-state index in [1.165, 1.54) is 0 Å². The van der Waals surface area contributed by atoms with E-state index in [0.717, 1.165) is 0 Å². The Kier molecular flexibility index (Phi) is 1.89. The molecule has 1 unspecified atom stereocenters. The molecule has 4 heteroatoms. The first-order valence-electron chi connectivity index (χ1n) is 3.10. The van der Waals surface area contributed by atoms with E-state index in [4.69, 9.17) is 0 Å². The average Bonchev–Trinajstić information content (AvgIpc) is 2.20. The lowest BCUT2D eigenvalue weighted by Gasteiger charge is -2.07. The number of carbonyl (C=O) groups excluding carboxylic acids is 2. The first-order valence-corrected chi connectivity index (χ1v) is 3.10. The fraction of sp³-hybridized carbons (Fsp3) is 0.667. The van der Waals surface area contributed by atoms with E-state index in [1.807, 2.05) is 0 Å². The fourth-order valence-electron chi connectivity index (χ4n) is 0.984. The lowest BCUT2D eigenvalue weighted by molar-refractivity contribution is -0.145. The van der Waals surface area contributed by atoms with E-state index in [1.54, 1.807) is 11.9 Å². The molecule has 1 aliphatic heterocycles. The molecular formula is C6H9NO3. The SMILES string of the molecule is CN1CCC(OC=O)C1=O. The summed E-state index contributed by atoms with van der Waals surface area (Å²) in [5, 5.41) is 0. The van der Waals surface area contributed by atoms with Gasteiger partial charge in [-0.1, -0.05) is 0 Å². The maximum absolute atomic E-state index is 10.9. The summed E-state index contributed by atoms with van der Waals surface area (Å²) in [4.78, 5) is 22.3. The molecule has 0 saturated carbocycles. The van der Waals surface area contributed by atoms with Gasteiger partial charge in [0.15, 0.2) is 6.10 Å². The maximum Gasteiger partial charge on any atom is 0.293 e. The summed E-state index contributed by atoms with van der Waals surface area (Å²) in [5.41, 5.74) is 0. The smallest absolute Gasteiger partial charge is 0.293 e. The number of likely N-dealkylation sites (N-methyl/N-ethyl adjacent to an activating group) is 1. The fourth-order valence-corrected chi connectivity index (χ4v) is 0.984. The molecule has 0 aliphatic carbocycles. The second-order valence-corrected chi connectivity index (χ2v) is 2.27. The summed E-state index contributed by atoms with van der Waals surface area (Å²) < 4.78 is 4.51. The predicted octanol–water partition coefficient (Wildman–Crippen LogP) is -0.610. The summed E-state index contributed by atoms with van der Waals surface area (Å²) in [6.45, 7) is 0.999. The predicted molar refractivity (Wildman–Crippen MR) is 33.2 cm³/mol. The van der Waals surface area contributed by atoms with Gasteiger partial charge in [0.05, 0.1) is 0 Å². The van der Waals surface area contributed by atoms with E-state index >= 15 is 0 Å². The number of hydrogen-bond acceptors (Lipinski definition) is 3. The number of nitrogens with zero attached hydrogens (tertiary/aromatic N) is 1. The number of likely N-dealkylation sites (tertiary alicyclic amines) is 1. The molecule has 56 valence electrons. The van der Waals surface area contributed by atoms with Crippen molar-refractivity contribution in [3.8, 4) is 0 Å².